The molecule has 0 fully saturated rings. The molecule has 1 aromatic carbocycles. The minimum atomic E-state index is -0.239. The first-order chi connectivity index (χ1) is 13.6. The minimum Gasteiger partial charge on any atom is -0.350 e. The first-order valence-electron chi connectivity index (χ1n) is 9.86. The van der Waals surface area contributed by atoms with Gasteiger partial charge in [0.05, 0.1) is 0 Å². The molecule has 0 radical (unpaired) electrons. The smallest absolute Gasteiger partial charge is 0.272 e. The summed E-state index contributed by atoms with van der Waals surface area (Å²) in [6.45, 7) is 1.09. The average Bonchev–Trinajstić information content (AvgIpc) is 2.74. The molecule has 3 rings (SSSR count). The number of benzene rings is 1. The van der Waals surface area contributed by atoms with Gasteiger partial charge in [-0.05, 0) is 49.8 Å². The molecule has 0 atom stereocenters. The first-order valence-corrected chi connectivity index (χ1v) is 9.86. The molecule has 1 aliphatic rings. The van der Waals surface area contributed by atoms with Gasteiger partial charge in [-0.2, -0.15) is 0 Å². The van der Waals surface area contributed by atoms with Gasteiger partial charge in [0.15, 0.2) is 0 Å². The molecule has 0 saturated heterocycles. The highest BCUT2D eigenvalue weighted by atomic mass is 16.2. The van der Waals surface area contributed by atoms with Crippen molar-refractivity contribution in [2.24, 2.45) is 0 Å². The summed E-state index contributed by atoms with van der Waals surface area (Å²) in [6, 6.07) is 14.8. The van der Waals surface area contributed by atoms with Crippen molar-refractivity contribution in [2.45, 2.75) is 38.6 Å². The molecule has 0 unspecified atom stereocenters. The Morgan fingerprint density at radius 3 is 2.57 bits per heavy atom. The third-order valence-electron chi connectivity index (χ3n) is 4.93. The number of amides is 2. The Labute approximate surface area is 166 Å². The SMILES string of the molecule is CN(Cc1ccccc1)C(=O)c1cccc(C(=O)NCCC2=CCCCC2)n1. The predicted octanol–water partition coefficient (Wildman–Crippen LogP) is 3.97. The van der Waals surface area contributed by atoms with Crippen LogP contribution in [0.15, 0.2) is 60.2 Å². The highest BCUT2D eigenvalue weighted by Gasteiger charge is 2.16. The molecule has 1 aliphatic carbocycles. The van der Waals surface area contributed by atoms with Crippen LogP contribution in [0.1, 0.15) is 58.6 Å². The van der Waals surface area contributed by atoms with Crippen LogP contribution in [0.5, 0.6) is 0 Å². The van der Waals surface area contributed by atoms with Gasteiger partial charge in [0.2, 0.25) is 0 Å². The molecule has 1 aromatic heterocycles. The lowest BCUT2D eigenvalue weighted by atomic mass is 9.97. The highest BCUT2D eigenvalue weighted by molar-refractivity contribution is 5.96. The number of carbonyl (C=O) groups is 2. The molecule has 1 N–H and O–H groups in total. The van der Waals surface area contributed by atoms with Gasteiger partial charge in [0, 0.05) is 20.1 Å². The average molecular weight is 377 g/mol. The van der Waals surface area contributed by atoms with Gasteiger partial charge < -0.3 is 10.2 Å². The third kappa shape index (κ3) is 5.52. The zero-order valence-electron chi connectivity index (χ0n) is 16.4. The summed E-state index contributed by atoms with van der Waals surface area (Å²) in [7, 11) is 1.74. The second kappa shape index (κ2) is 9.83. The second-order valence-electron chi connectivity index (χ2n) is 7.17. The highest BCUT2D eigenvalue weighted by Crippen LogP contribution is 2.19. The molecular formula is C23H27N3O2. The number of nitrogens with one attached hydrogen (secondary N) is 1. The third-order valence-corrected chi connectivity index (χ3v) is 4.93. The maximum Gasteiger partial charge on any atom is 0.272 e. The lowest BCUT2D eigenvalue weighted by molar-refractivity contribution is 0.0779. The lowest BCUT2D eigenvalue weighted by Crippen LogP contribution is -2.29. The van der Waals surface area contributed by atoms with Gasteiger partial charge in [-0.3, -0.25) is 9.59 Å². The normalized spacial score (nSPS) is 13.5. The van der Waals surface area contributed by atoms with Crippen molar-refractivity contribution < 1.29 is 9.59 Å². The molecule has 0 spiro atoms. The fourth-order valence-electron chi connectivity index (χ4n) is 3.36. The van der Waals surface area contributed by atoms with Crippen LogP contribution in [-0.4, -0.2) is 35.3 Å². The van der Waals surface area contributed by atoms with Gasteiger partial charge in [-0.1, -0.05) is 48.0 Å². The van der Waals surface area contributed by atoms with Gasteiger partial charge >= 0.3 is 0 Å². The van der Waals surface area contributed by atoms with Crippen LogP contribution in [0.2, 0.25) is 0 Å². The van der Waals surface area contributed by atoms with E-state index in [-0.39, 0.29) is 23.2 Å². The Hall–Kier alpha value is -2.95. The summed E-state index contributed by atoms with van der Waals surface area (Å²) >= 11 is 0. The van der Waals surface area contributed by atoms with Gasteiger partial charge in [0.25, 0.3) is 11.8 Å². The Balaban J connectivity index is 1.57. The quantitative estimate of drug-likeness (QED) is 0.743. The monoisotopic (exact) mass is 377 g/mol. The Kier molecular flexibility index (Phi) is 6.95. The van der Waals surface area contributed by atoms with E-state index in [9.17, 15) is 9.59 Å². The number of nitrogens with zero attached hydrogens (tertiary/aromatic N) is 2. The fraction of sp³-hybridized carbons (Fsp3) is 0.348. The topological polar surface area (TPSA) is 62.3 Å². The van der Waals surface area contributed by atoms with E-state index in [2.05, 4.69) is 16.4 Å². The molecule has 0 aliphatic heterocycles. The van der Waals surface area contributed by atoms with E-state index < -0.39 is 0 Å². The Morgan fingerprint density at radius 2 is 1.82 bits per heavy atom. The van der Waals surface area contributed by atoms with Crippen LogP contribution in [-0.2, 0) is 6.54 Å². The Morgan fingerprint density at radius 1 is 1.04 bits per heavy atom. The molecule has 0 saturated carbocycles. The maximum absolute atomic E-state index is 12.7. The first kappa shape index (κ1) is 19.8. The van der Waals surface area contributed by atoms with Crippen LogP contribution in [0.25, 0.3) is 0 Å². The second-order valence-corrected chi connectivity index (χ2v) is 7.17. The van der Waals surface area contributed by atoms with Crippen molar-refractivity contribution in [1.82, 2.24) is 15.2 Å². The minimum absolute atomic E-state index is 0.203. The summed E-state index contributed by atoms with van der Waals surface area (Å²) in [6.07, 6.45) is 7.94. The van der Waals surface area contributed by atoms with E-state index in [0.29, 0.717) is 13.1 Å². The summed E-state index contributed by atoms with van der Waals surface area (Å²) < 4.78 is 0. The van der Waals surface area contributed by atoms with Crippen LogP contribution in [0.3, 0.4) is 0 Å². The molecule has 2 aromatic rings. The zero-order valence-corrected chi connectivity index (χ0v) is 16.4. The number of aromatic nitrogens is 1. The van der Waals surface area contributed by atoms with E-state index in [1.165, 1.54) is 18.4 Å². The van der Waals surface area contributed by atoms with Crippen molar-refractivity contribution in [3.05, 3.63) is 77.1 Å². The van der Waals surface area contributed by atoms with Crippen LogP contribution in [0.4, 0.5) is 0 Å². The van der Waals surface area contributed by atoms with E-state index in [1.54, 1.807) is 30.1 Å². The predicted molar refractivity (Wildman–Crippen MR) is 110 cm³/mol. The van der Waals surface area contributed by atoms with Crippen LogP contribution in [0, 0.1) is 0 Å². The molecule has 1 heterocycles. The standard InChI is InChI=1S/C23H27N3O2/c1-26(17-19-11-6-3-7-12-19)23(28)21-14-8-13-20(25-21)22(27)24-16-15-18-9-4-2-5-10-18/h3,6-9,11-14H,2,4-5,10,15-17H2,1H3,(H,24,27). The summed E-state index contributed by atoms with van der Waals surface area (Å²) in [5.74, 6) is -0.442. The number of hydrogen-bond acceptors (Lipinski definition) is 3. The molecular weight excluding hydrogens is 350 g/mol. The van der Waals surface area contributed by atoms with E-state index in [0.717, 1.165) is 24.8 Å². The van der Waals surface area contributed by atoms with Gasteiger partial charge in [-0.25, -0.2) is 4.98 Å². The van der Waals surface area contributed by atoms with Crippen LogP contribution < -0.4 is 5.32 Å². The van der Waals surface area contributed by atoms with Crippen molar-refractivity contribution in [2.75, 3.05) is 13.6 Å². The zero-order chi connectivity index (χ0) is 19.8. The molecule has 0 bridgehead atoms. The summed E-state index contributed by atoms with van der Waals surface area (Å²) in [5, 5.41) is 2.91. The summed E-state index contributed by atoms with van der Waals surface area (Å²) in [4.78, 5) is 31.0. The van der Waals surface area contributed by atoms with Crippen LogP contribution >= 0.6 is 0 Å². The van der Waals surface area contributed by atoms with E-state index in [4.69, 9.17) is 0 Å². The largest absolute Gasteiger partial charge is 0.350 e. The van der Waals surface area contributed by atoms with Crippen molar-refractivity contribution in [1.29, 1.82) is 0 Å². The van der Waals surface area contributed by atoms with Crippen molar-refractivity contribution >= 4 is 11.8 Å². The number of pyridine rings is 1. The number of rotatable bonds is 7. The van der Waals surface area contributed by atoms with Crippen molar-refractivity contribution in [3.8, 4) is 0 Å². The van der Waals surface area contributed by atoms with Gasteiger partial charge in [-0.15, -0.1) is 0 Å². The Bertz CT molecular complexity index is 846. The maximum atomic E-state index is 12.7. The van der Waals surface area contributed by atoms with Crippen molar-refractivity contribution in [3.63, 3.8) is 0 Å². The molecule has 5 heteroatoms. The number of carbonyl (C=O) groups excluding carboxylic acids is 2. The molecule has 5 nitrogen and oxygen atoms in total. The van der Waals surface area contributed by atoms with Gasteiger partial charge in [0.1, 0.15) is 11.4 Å². The lowest BCUT2D eigenvalue weighted by Gasteiger charge is -2.17. The molecule has 2 amide bonds. The molecule has 146 valence electrons. The number of allylic oxidation sites excluding steroid dienone is 1. The van der Waals surface area contributed by atoms with E-state index >= 15 is 0 Å². The summed E-state index contributed by atoms with van der Waals surface area (Å²) in [5.41, 5.74) is 3.02. The molecule has 28 heavy (non-hydrogen) atoms. The van der Waals surface area contributed by atoms with E-state index in [1.807, 2.05) is 30.3 Å². The number of hydrogen-bond donors (Lipinski definition) is 1. The fourth-order valence-corrected chi connectivity index (χ4v) is 3.36.